The normalized spacial score (nSPS) is 11.2. The molecule has 0 heterocycles. The van der Waals surface area contributed by atoms with Gasteiger partial charge in [-0.05, 0) is 0 Å². The van der Waals surface area contributed by atoms with Gasteiger partial charge in [-0.15, -0.1) is 4.79 Å². The molecule has 64 valence electrons. The molecule has 11 heteroatoms. The second kappa shape index (κ2) is 4.90. The van der Waals surface area contributed by atoms with Crippen LogP contribution in [-0.4, -0.2) is 35.1 Å². The third kappa shape index (κ3) is 4.76. The van der Waals surface area contributed by atoms with Crippen LogP contribution in [0.5, 0.6) is 0 Å². The van der Waals surface area contributed by atoms with Crippen LogP contribution in [0.4, 0.5) is 0 Å². The summed E-state index contributed by atoms with van der Waals surface area (Å²) in [5.74, 6) is 0. The molecule has 0 amide bonds. The first-order valence-electron chi connectivity index (χ1n) is 1.86. The Morgan fingerprint density at radius 3 is 1.33 bits per heavy atom. The molecule has 0 aliphatic carbocycles. The van der Waals surface area contributed by atoms with E-state index >= 15 is 0 Å². The first-order valence-corrected chi connectivity index (χ1v) is 4.74. The Morgan fingerprint density at radius 1 is 1.08 bits per heavy atom. The Labute approximate surface area is 111 Å². The van der Waals surface area contributed by atoms with Crippen LogP contribution in [0.15, 0.2) is 0 Å². The van der Waals surface area contributed by atoms with E-state index in [-0.39, 0.29) is 51.4 Å². The molecule has 0 bridgehead atoms. The molecule has 0 aromatic carbocycles. The smallest absolute Gasteiger partial charge is 0.359 e. The summed E-state index contributed by atoms with van der Waals surface area (Å²) in [6.07, 6.45) is 0. The zero-order valence-electron chi connectivity index (χ0n) is 5.74. The summed E-state index contributed by atoms with van der Waals surface area (Å²) in [5.41, 5.74) is 7.71. The molecule has 0 aromatic rings. The Bertz CT molecular complexity index is 365. The fourth-order valence-electron chi connectivity index (χ4n) is 0.236. The standard InChI is InChI=1S/CH2N2O6S2.K/c2-3-1(10(4,5)6)11(7,8)9;/h(H,4,5,6)(H,7,8,9);/q;+1. The van der Waals surface area contributed by atoms with Gasteiger partial charge in [-0.3, -0.25) is 9.11 Å². The van der Waals surface area contributed by atoms with Crippen molar-refractivity contribution in [3.05, 3.63) is 5.53 Å². The van der Waals surface area contributed by atoms with E-state index < -0.39 is 24.6 Å². The van der Waals surface area contributed by atoms with Crippen LogP contribution in [-0.2, 0) is 20.2 Å². The van der Waals surface area contributed by atoms with E-state index in [2.05, 4.69) is 0 Å². The summed E-state index contributed by atoms with van der Waals surface area (Å²) >= 11 is 0. The minimum absolute atomic E-state index is 0. The molecule has 0 rings (SSSR count). The third-order valence-corrected chi connectivity index (χ3v) is 2.83. The summed E-state index contributed by atoms with van der Waals surface area (Å²) in [5, 5.41) is 0. The van der Waals surface area contributed by atoms with Crippen molar-refractivity contribution in [2.45, 2.75) is 0 Å². The predicted molar refractivity (Wildman–Crippen MR) is 31.7 cm³/mol. The van der Waals surface area contributed by atoms with Crippen molar-refractivity contribution in [2.75, 3.05) is 0 Å². The van der Waals surface area contributed by atoms with Crippen molar-refractivity contribution in [2.24, 2.45) is 0 Å². The van der Waals surface area contributed by atoms with E-state index in [9.17, 15) is 16.8 Å². The molecule has 0 aliphatic rings. The van der Waals surface area contributed by atoms with Crippen molar-refractivity contribution >= 4 is 24.6 Å². The first-order chi connectivity index (χ1) is 4.69. The van der Waals surface area contributed by atoms with Gasteiger partial charge in [0.15, 0.2) is 0 Å². The van der Waals surface area contributed by atoms with E-state index in [1.165, 1.54) is 0 Å². The zero-order chi connectivity index (χ0) is 9.28. The largest absolute Gasteiger partial charge is 1.00 e. The molecule has 8 nitrogen and oxygen atoms in total. The van der Waals surface area contributed by atoms with Crippen molar-refractivity contribution in [1.29, 1.82) is 0 Å². The van der Waals surface area contributed by atoms with Crippen LogP contribution >= 0.6 is 0 Å². The molecule has 0 spiro atoms. The number of hydrogen-bond acceptors (Lipinski definition) is 4. The van der Waals surface area contributed by atoms with Crippen molar-refractivity contribution in [3.63, 3.8) is 0 Å². The molecule has 0 unspecified atom stereocenters. The second-order valence-electron chi connectivity index (χ2n) is 1.32. The van der Waals surface area contributed by atoms with Crippen LogP contribution in [0.1, 0.15) is 0 Å². The third-order valence-electron chi connectivity index (χ3n) is 0.523. The molecule has 12 heavy (non-hydrogen) atoms. The van der Waals surface area contributed by atoms with Crippen LogP contribution in [0.25, 0.3) is 5.53 Å². The topological polar surface area (TPSA) is 145 Å². The summed E-state index contributed by atoms with van der Waals surface area (Å²) < 4.78 is 53.5. The fraction of sp³-hybridized carbons (Fsp3) is 0. The average molecular weight is 241 g/mol. The van der Waals surface area contributed by atoms with Crippen LogP contribution in [0.3, 0.4) is 0 Å². The Morgan fingerprint density at radius 2 is 1.33 bits per heavy atom. The van der Waals surface area contributed by atoms with E-state index in [1.807, 2.05) is 0 Å². The Balaban J connectivity index is 0. The Hall–Kier alpha value is 0.836. The maximum Gasteiger partial charge on any atom is 1.00 e. The number of rotatable bonds is 0. The minimum atomic E-state index is -5.21. The fourth-order valence-corrected chi connectivity index (χ4v) is 1.51. The van der Waals surface area contributed by atoms with E-state index in [0.717, 1.165) is 0 Å². The van der Waals surface area contributed by atoms with Gasteiger partial charge in [0.2, 0.25) is 0 Å². The van der Waals surface area contributed by atoms with Crippen molar-refractivity contribution in [3.8, 4) is 0 Å². The molecular weight excluding hydrogens is 239 g/mol. The average Bonchev–Trinajstić information content (AvgIpc) is 1.56. The monoisotopic (exact) mass is 241 g/mol. The van der Waals surface area contributed by atoms with E-state index in [1.54, 1.807) is 4.79 Å². The van der Waals surface area contributed by atoms with E-state index in [0.29, 0.717) is 0 Å². The molecule has 0 saturated carbocycles. The molecule has 2 N–H and O–H groups in total. The number of nitrogens with zero attached hydrogens (tertiary/aromatic N) is 2. The van der Waals surface area contributed by atoms with Gasteiger partial charge >= 0.3 is 76.0 Å². The first kappa shape index (κ1) is 15.3. The van der Waals surface area contributed by atoms with Crippen LogP contribution < -0.4 is 51.4 Å². The predicted octanol–water partition coefficient (Wildman–Crippen LogP) is -4.65. The van der Waals surface area contributed by atoms with Gasteiger partial charge in [0.05, 0.1) is 0 Å². The van der Waals surface area contributed by atoms with Crippen LogP contribution in [0, 0.1) is 0 Å². The zero-order valence-corrected chi connectivity index (χ0v) is 10.5. The minimum Gasteiger partial charge on any atom is -0.359 e. The SMILES string of the molecule is [K+].[N-]=[N+]=C(S(=O)(=O)O)S(=O)(=O)O. The molecule has 0 fully saturated rings. The van der Waals surface area contributed by atoms with Gasteiger partial charge in [0.1, 0.15) is 0 Å². The van der Waals surface area contributed by atoms with Crippen molar-refractivity contribution in [1.82, 2.24) is 0 Å². The summed E-state index contributed by atoms with van der Waals surface area (Å²) in [6.45, 7) is 0. The molecule has 0 aromatic heterocycles. The van der Waals surface area contributed by atoms with Crippen molar-refractivity contribution < 1.29 is 82.1 Å². The second-order valence-corrected chi connectivity index (χ2v) is 4.25. The summed E-state index contributed by atoms with van der Waals surface area (Å²) in [7, 11) is -10.4. The van der Waals surface area contributed by atoms with Gasteiger partial charge in [-0.25, -0.2) is 0 Å². The van der Waals surface area contributed by atoms with Crippen LogP contribution in [0.2, 0.25) is 0 Å². The number of hydrogen-bond donors (Lipinski definition) is 2. The van der Waals surface area contributed by atoms with Gasteiger partial charge in [-0.1, -0.05) is 0 Å². The van der Waals surface area contributed by atoms with Gasteiger partial charge < -0.3 is 5.53 Å². The molecule has 0 radical (unpaired) electrons. The van der Waals surface area contributed by atoms with Gasteiger partial charge in [-0.2, -0.15) is 16.8 Å². The summed E-state index contributed by atoms with van der Waals surface area (Å²) in [4.78, 5) is 1.67. The molecule has 0 aliphatic heterocycles. The van der Waals surface area contributed by atoms with E-state index in [4.69, 9.17) is 14.6 Å². The quantitative estimate of drug-likeness (QED) is 0.109. The molecule has 0 atom stereocenters. The maximum atomic E-state index is 9.93. The van der Waals surface area contributed by atoms with Gasteiger partial charge in [0, 0.05) is 0 Å². The Kier molecular flexibility index (Phi) is 6.26. The molecular formula is CH2KN2O6S2+. The van der Waals surface area contributed by atoms with Gasteiger partial charge in [0.25, 0.3) is 0 Å². The summed E-state index contributed by atoms with van der Waals surface area (Å²) in [6, 6.07) is 0. The maximum absolute atomic E-state index is 9.93. The molecule has 0 saturated heterocycles.